The number of rotatable bonds is 2. The van der Waals surface area contributed by atoms with Gasteiger partial charge in [0.25, 0.3) is 0 Å². The van der Waals surface area contributed by atoms with Gasteiger partial charge in [0.05, 0.1) is 28.1 Å². The molecule has 1 fully saturated rings. The predicted molar refractivity (Wildman–Crippen MR) is 77.9 cm³/mol. The quantitative estimate of drug-likeness (QED) is 0.790. The molecule has 1 atom stereocenters. The minimum atomic E-state index is -0.282. The Morgan fingerprint density at radius 1 is 1.35 bits per heavy atom. The molecule has 1 aromatic heterocycles. The van der Waals surface area contributed by atoms with E-state index in [-0.39, 0.29) is 16.6 Å². The summed E-state index contributed by atoms with van der Waals surface area (Å²) in [6.07, 6.45) is 2.47. The van der Waals surface area contributed by atoms with Gasteiger partial charge >= 0.3 is 0 Å². The number of halogens is 2. The highest BCUT2D eigenvalue weighted by molar-refractivity contribution is 9.10. The van der Waals surface area contributed by atoms with Crippen molar-refractivity contribution < 1.29 is 9.18 Å². The van der Waals surface area contributed by atoms with E-state index >= 15 is 0 Å². The van der Waals surface area contributed by atoms with Gasteiger partial charge in [0, 0.05) is 6.54 Å². The van der Waals surface area contributed by atoms with Crippen LogP contribution >= 0.6 is 15.9 Å². The smallest absolute Gasteiger partial charge is 0.240 e. The van der Waals surface area contributed by atoms with Crippen LogP contribution in [-0.4, -0.2) is 27.1 Å². The lowest BCUT2D eigenvalue weighted by Crippen LogP contribution is -2.27. The highest BCUT2D eigenvalue weighted by atomic mass is 79.9. The summed E-state index contributed by atoms with van der Waals surface area (Å²) in [6.45, 7) is 2.59. The lowest BCUT2D eigenvalue weighted by molar-refractivity contribution is -0.116. The highest BCUT2D eigenvalue weighted by Gasteiger charge is 2.32. The average Bonchev–Trinajstić information content (AvgIpc) is 2.96. The Kier molecular flexibility index (Phi) is 3.33. The Balaban J connectivity index is 1.97. The summed E-state index contributed by atoms with van der Waals surface area (Å²) in [5, 5.41) is 4.30. The van der Waals surface area contributed by atoms with Gasteiger partial charge in [-0.25, -0.2) is 9.07 Å². The van der Waals surface area contributed by atoms with E-state index in [9.17, 15) is 9.18 Å². The lowest BCUT2D eigenvalue weighted by Gasteiger charge is -2.15. The van der Waals surface area contributed by atoms with Crippen molar-refractivity contribution in [2.45, 2.75) is 18.2 Å². The zero-order valence-corrected chi connectivity index (χ0v) is 12.5. The number of carbonyl (C=O) groups excluding carboxylic acids is 1. The van der Waals surface area contributed by atoms with Gasteiger partial charge in [0.1, 0.15) is 5.82 Å². The Hall–Kier alpha value is -1.69. The molecule has 2 aromatic rings. The molecule has 1 saturated heterocycles. The second-order valence-corrected chi connectivity index (χ2v) is 5.85. The Labute approximate surface area is 124 Å². The third kappa shape index (κ3) is 2.14. The van der Waals surface area contributed by atoms with Crippen molar-refractivity contribution in [3.8, 4) is 5.69 Å². The van der Waals surface area contributed by atoms with Crippen molar-refractivity contribution in [3.05, 3.63) is 42.0 Å². The number of amides is 1. The first kappa shape index (κ1) is 13.3. The van der Waals surface area contributed by atoms with E-state index in [4.69, 9.17) is 0 Å². The third-order valence-corrected chi connectivity index (χ3v) is 4.34. The maximum atomic E-state index is 13.0. The van der Waals surface area contributed by atoms with Gasteiger partial charge in [-0.1, -0.05) is 15.9 Å². The van der Waals surface area contributed by atoms with Crippen molar-refractivity contribution in [1.29, 1.82) is 0 Å². The van der Waals surface area contributed by atoms with Crippen LogP contribution in [0.1, 0.15) is 12.1 Å². The van der Waals surface area contributed by atoms with E-state index in [1.165, 1.54) is 12.1 Å². The number of carbonyl (C=O) groups is 1. The summed E-state index contributed by atoms with van der Waals surface area (Å²) >= 11 is 3.37. The topological polar surface area (TPSA) is 38.1 Å². The van der Waals surface area contributed by atoms with Gasteiger partial charge < -0.3 is 4.90 Å². The second kappa shape index (κ2) is 5.01. The number of benzene rings is 1. The molecule has 0 spiro atoms. The van der Waals surface area contributed by atoms with E-state index < -0.39 is 0 Å². The number of aromatic nitrogens is 2. The molecule has 1 unspecified atom stereocenters. The summed E-state index contributed by atoms with van der Waals surface area (Å²) in [6, 6.07) is 6.12. The second-order valence-electron chi connectivity index (χ2n) is 4.75. The summed E-state index contributed by atoms with van der Waals surface area (Å²) < 4.78 is 14.7. The largest absolute Gasteiger partial charge is 0.308 e. The molecule has 0 radical (unpaired) electrons. The van der Waals surface area contributed by atoms with Gasteiger partial charge in [-0.3, -0.25) is 4.79 Å². The molecule has 1 aliphatic rings. The first-order chi connectivity index (χ1) is 9.58. The minimum Gasteiger partial charge on any atom is -0.308 e. The summed E-state index contributed by atoms with van der Waals surface area (Å²) in [4.78, 5) is 13.7. The van der Waals surface area contributed by atoms with E-state index in [1.54, 1.807) is 27.9 Å². The number of hydrogen-bond donors (Lipinski definition) is 0. The molecule has 0 saturated carbocycles. The fourth-order valence-corrected chi connectivity index (χ4v) is 2.84. The van der Waals surface area contributed by atoms with Gasteiger partial charge in [-0.15, -0.1) is 0 Å². The Morgan fingerprint density at radius 2 is 2.05 bits per heavy atom. The molecule has 20 heavy (non-hydrogen) atoms. The molecular weight excluding hydrogens is 325 g/mol. The molecule has 0 bridgehead atoms. The fourth-order valence-electron chi connectivity index (χ4n) is 2.39. The van der Waals surface area contributed by atoms with E-state index in [1.807, 2.05) is 6.92 Å². The maximum Gasteiger partial charge on any atom is 0.240 e. The van der Waals surface area contributed by atoms with Gasteiger partial charge in [0.15, 0.2) is 0 Å². The van der Waals surface area contributed by atoms with Gasteiger partial charge in [0.2, 0.25) is 5.91 Å². The number of alkyl halides is 1. The summed E-state index contributed by atoms with van der Waals surface area (Å²) in [5.74, 6) is -0.220. The van der Waals surface area contributed by atoms with Crippen molar-refractivity contribution in [2.24, 2.45) is 0 Å². The molecule has 2 heterocycles. The van der Waals surface area contributed by atoms with Crippen LogP contribution in [0.2, 0.25) is 0 Å². The fraction of sp³-hybridized carbons (Fsp3) is 0.286. The van der Waals surface area contributed by atoms with Crippen molar-refractivity contribution >= 4 is 27.5 Å². The first-order valence-electron chi connectivity index (χ1n) is 6.34. The summed E-state index contributed by atoms with van der Waals surface area (Å²) in [5.41, 5.74) is 2.45. The van der Waals surface area contributed by atoms with E-state index in [2.05, 4.69) is 21.0 Å². The molecule has 0 N–H and O–H groups in total. The van der Waals surface area contributed by atoms with Crippen molar-refractivity contribution in [2.75, 3.05) is 11.4 Å². The molecular formula is C14H13BrFN3O. The molecule has 3 rings (SSSR count). The molecule has 4 nitrogen and oxygen atoms in total. The first-order valence-corrected chi connectivity index (χ1v) is 7.25. The predicted octanol–water partition coefficient (Wildman–Crippen LogP) is 2.82. The van der Waals surface area contributed by atoms with Crippen LogP contribution in [0.5, 0.6) is 0 Å². The van der Waals surface area contributed by atoms with Crippen LogP contribution in [-0.2, 0) is 4.79 Å². The SMILES string of the molecule is Cc1c(N2CCC(Br)C2=O)cnn1-c1ccc(F)cc1. The lowest BCUT2D eigenvalue weighted by atomic mass is 10.3. The normalized spacial score (nSPS) is 18.9. The Bertz CT molecular complexity index is 653. The molecule has 104 valence electrons. The number of anilines is 1. The zero-order chi connectivity index (χ0) is 14.3. The number of hydrogen-bond acceptors (Lipinski definition) is 2. The summed E-state index contributed by atoms with van der Waals surface area (Å²) in [7, 11) is 0. The molecule has 1 aromatic carbocycles. The third-order valence-electron chi connectivity index (χ3n) is 3.49. The van der Waals surface area contributed by atoms with Gasteiger partial charge in [-0.2, -0.15) is 5.10 Å². The van der Waals surface area contributed by atoms with E-state index in [0.29, 0.717) is 6.54 Å². The molecule has 6 heteroatoms. The zero-order valence-electron chi connectivity index (χ0n) is 10.9. The number of nitrogens with zero attached hydrogens (tertiary/aromatic N) is 3. The highest BCUT2D eigenvalue weighted by Crippen LogP contribution is 2.29. The van der Waals surface area contributed by atoms with Crippen LogP contribution in [0.3, 0.4) is 0 Å². The van der Waals surface area contributed by atoms with Crippen LogP contribution in [0.25, 0.3) is 5.69 Å². The van der Waals surface area contributed by atoms with Crippen LogP contribution in [0.4, 0.5) is 10.1 Å². The monoisotopic (exact) mass is 337 g/mol. The van der Waals surface area contributed by atoms with Gasteiger partial charge in [-0.05, 0) is 37.6 Å². The molecule has 1 aliphatic heterocycles. The van der Waals surface area contributed by atoms with Crippen molar-refractivity contribution in [3.63, 3.8) is 0 Å². The van der Waals surface area contributed by atoms with Crippen LogP contribution in [0, 0.1) is 12.7 Å². The van der Waals surface area contributed by atoms with Crippen LogP contribution in [0.15, 0.2) is 30.5 Å². The van der Waals surface area contributed by atoms with Crippen molar-refractivity contribution in [1.82, 2.24) is 9.78 Å². The van der Waals surface area contributed by atoms with E-state index in [0.717, 1.165) is 23.5 Å². The van der Waals surface area contributed by atoms with Crippen LogP contribution < -0.4 is 4.90 Å². The standard InChI is InChI=1S/C14H13BrFN3O/c1-9-13(18-7-6-12(15)14(18)20)8-17-19(9)11-4-2-10(16)3-5-11/h2-5,8,12H,6-7H2,1H3. The average molecular weight is 338 g/mol. The minimum absolute atomic E-state index is 0.0618. The molecule has 0 aliphatic carbocycles. The Morgan fingerprint density at radius 3 is 2.65 bits per heavy atom. The maximum absolute atomic E-state index is 13.0. The molecule has 1 amide bonds.